The van der Waals surface area contributed by atoms with Gasteiger partial charge in [-0.3, -0.25) is 9.52 Å². The van der Waals surface area contributed by atoms with Crippen molar-refractivity contribution in [2.75, 3.05) is 18.5 Å². The zero-order valence-corrected chi connectivity index (χ0v) is 13.1. The second-order valence-corrected chi connectivity index (χ2v) is 4.95. The third-order valence-electron chi connectivity index (χ3n) is 1.94. The van der Waals surface area contributed by atoms with Gasteiger partial charge < -0.3 is 14.6 Å². The van der Waals surface area contributed by atoms with Crippen LogP contribution in [0.1, 0.15) is 12.5 Å². The molecule has 0 unspecified atom stereocenters. The number of hydrogen-bond acceptors (Lipinski definition) is 6. The zero-order valence-electron chi connectivity index (χ0n) is 10.7. The summed E-state index contributed by atoms with van der Waals surface area (Å²) in [6.45, 7) is 2.29. The van der Waals surface area contributed by atoms with Gasteiger partial charge in [-0.15, -0.1) is 0 Å². The number of aromatic amines is 1. The summed E-state index contributed by atoms with van der Waals surface area (Å²) in [4.78, 5) is 29.9. The topological polar surface area (TPSA) is 92.8 Å². The number of H-pyrrole nitrogens is 1. The molecular weight excluding hydrogens is 350 g/mol. The second kappa shape index (κ2) is 9.43. The fourth-order valence-electron chi connectivity index (χ4n) is 1.21. The maximum absolute atomic E-state index is 11.8. The van der Waals surface area contributed by atoms with Crippen LogP contribution in [-0.2, 0) is 19.2 Å². The van der Waals surface area contributed by atoms with Crippen molar-refractivity contribution in [3.63, 3.8) is 0 Å². The normalized spacial score (nSPS) is 11.0. The first-order chi connectivity index (χ1) is 9.72. The lowest BCUT2D eigenvalue weighted by atomic mass is 10.2. The Balaban J connectivity index is 2.85. The van der Waals surface area contributed by atoms with Gasteiger partial charge in [0.2, 0.25) is 6.41 Å². The predicted octanol–water partition coefficient (Wildman–Crippen LogP) is 1.45. The molecule has 110 valence electrons. The summed E-state index contributed by atoms with van der Waals surface area (Å²) in [5.74, 6) is -0.569. The number of oxime groups is 1. The molecule has 9 heteroatoms. The van der Waals surface area contributed by atoms with Crippen molar-refractivity contribution in [1.82, 2.24) is 9.71 Å². The molecule has 0 radical (unpaired) electrons. The van der Waals surface area contributed by atoms with E-state index in [1.165, 1.54) is 0 Å². The van der Waals surface area contributed by atoms with Crippen molar-refractivity contribution in [1.29, 1.82) is 0 Å². The number of esters is 1. The average Bonchev–Trinajstić information content (AvgIpc) is 2.90. The summed E-state index contributed by atoms with van der Waals surface area (Å²) < 4.78 is 7.36. The fraction of sp³-hybridized carbons (Fsp3) is 0.364. The van der Waals surface area contributed by atoms with Crippen LogP contribution in [0.4, 0.5) is 0 Å². The number of alkyl halides is 1. The molecule has 1 amide bonds. The van der Waals surface area contributed by atoms with Crippen LogP contribution >= 0.6 is 27.9 Å². The highest BCUT2D eigenvalue weighted by Gasteiger charge is 2.18. The van der Waals surface area contributed by atoms with E-state index in [9.17, 15) is 9.59 Å². The highest BCUT2D eigenvalue weighted by Crippen LogP contribution is 2.15. The summed E-state index contributed by atoms with van der Waals surface area (Å²) in [7, 11) is 0. The first-order valence-electron chi connectivity index (χ1n) is 5.70. The number of aromatic nitrogens is 1. The summed E-state index contributed by atoms with van der Waals surface area (Å²) in [6.07, 6.45) is 2.15. The van der Waals surface area contributed by atoms with Gasteiger partial charge in [0.1, 0.15) is 6.61 Å². The summed E-state index contributed by atoms with van der Waals surface area (Å²) in [5, 5.41) is 5.05. The minimum absolute atomic E-state index is 0.0713. The maximum Gasteiger partial charge on any atom is 0.361 e. The van der Waals surface area contributed by atoms with Crippen molar-refractivity contribution in [2.45, 2.75) is 11.9 Å². The maximum atomic E-state index is 11.8. The number of amides is 1. The van der Waals surface area contributed by atoms with Gasteiger partial charge in [0.25, 0.3) is 0 Å². The Labute approximate surface area is 128 Å². The molecule has 0 fully saturated rings. The van der Waals surface area contributed by atoms with E-state index in [0.29, 0.717) is 28.9 Å². The van der Waals surface area contributed by atoms with Crippen molar-refractivity contribution in [2.24, 2.45) is 5.16 Å². The standard InChI is InChI=1S/C11H14BrN3O4S/c1-2-18-11(17)10(15-19-4-3-12)8-5-9(13-6-8)20-14-7-16/h5-7,13H,2-4H2,1H3,(H,14,16). The summed E-state index contributed by atoms with van der Waals surface area (Å²) >= 11 is 4.28. The molecule has 1 heterocycles. The highest BCUT2D eigenvalue weighted by molar-refractivity contribution is 9.09. The molecule has 2 N–H and O–H groups in total. The molecule has 0 aliphatic heterocycles. The summed E-state index contributed by atoms with van der Waals surface area (Å²) in [6, 6.07) is 1.66. The number of carbonyl (C=O) groups is 2. The van der Waals surface area contributed by atoms with E-state index in [-0.39, 0.29) is 12.3 Å². The number of ether oxygens (including phenoxy) is 1. The Bertz CT molecular complexity index is 478. The lowest BCUT2D eigenvalue weighted by molar-refractivity contribution is -0.135. The average molecular weight is 364 g/mol. The molecule has 0 aliphatic carbocycles. The van der Waals surface area contributed by atoms with E-state index in [1.54, 1.807) is 19.2 Å². The van der Waals surface area contributed by atoms with Crippen LogP contribution < -0.4 is 4.72 Å². The number of rotatable bonds is 9. The molecule has 20 heavy (non-hydrogen) atoms. The molecule has 0 aromatic carbocycles. The molecule has 1 aromatic rings. The Morgan fingerprint density at radius 3 is 3.10 bits per heavy atom. The van der Waals surface area contributed by atoms with E-state index in [1.807, 2.05) is 0 Å². The first kappa shape index (κ1) is 16.6. The van der Waals surface area contributed by atoms with Crippen LogP contribution in [-0.4, -0.2) is 41.6 Å². The number of halogens is 1. The predicted molar refractivity (Wildman–Crippen MR) is 78.8 cm³/mol. The Morgan fingerprint density at radius 1 is 1.65 bits per heavy atom. The molecule has 0 spiro atoms. The number of carbonyl (C=O) groups excluding carboxylic acids is 2. The van der Waals surface area contributed by atoms with Crippen molar-refractivity contribution < 1.29 is 19.2 Å². The Hall–Kier alpha value is -1.48. The van der Waals surface area contributed by atoms with Crippen LogP contribution in [0.3, 0.4) is 0 Å². The van der Waals surface area contributed by atoms with Gasteiger partial charge in [-0.2, -0.15) is 0 Å². The van der Waals surface area contributed by atoms with Crippen molar-refractivity contribution in [3.05, 3.63) is 17.8 Å². The smallest absolute Gasteiger partial charge is 0.361 e. The lowest BCUT2D eigenvalue weighted by Gasteiger charge is -2.03. The second-order valence-electron chi connectivity index (χ2n) is 3.27. The van der Waals surface area contributed by atoms with Crippen LogP contribution in [0.25, 0.3) is 0 Å². The Morgan fingerprint density at radius 2 is 2.45 bits per heavy atom. The summed E-state index contributed by atoms with van der Waals surface area (Å²) in [5.41, 5.74) is 0.593. The lowest BCUT2D eigenvalue weighted by Crippen LogP contribution is -2.19. The number of nitrogens with zero attached hydrogens (tertiary/aromatic N) is 1. The molecule has 1 rings (SSSR count). The molecule has 0 bridgehead atoms. The third-order valence-corrected chi connectivity index (χ3v) is 2.93. The van der Waals surface area contributed by atoms with Gasteiger partial charge in [0.05, 0.1) is 11.6 Å². The van der Waals surface area contributed by atoms with Gasteiger partial charge in [-0.05, 0) is 13.0 Å². The van der Waals surface area contributed by atoms with Crippen LogP contribution in [0.15, 0.2) is 22.4 Å². The molecule has 0 saturated heterocycles. The minimum atomic E-state index is -0.569. The van der Waals surface area contributed by atoms with E-state index in [4.69, 9.17) is 9.57 Å². The largest absolute Gasteiger partial charge is 0.461 e. The molecule has 0 atom stereocenters. The van der Waals surface area contributed by atoms with Crippen molar-refractivity contribution >= 4 is 46.0 Å². The van der Waals surface area contributed by atoms with Crippen molar-refractivity contribution in [3.8, 4) is 0 Å². The monoisotopic (exact) mass is 363 g/mol. The van der Waals surface area contributed by atoms with E-state index >= 15 is 0 Å². The number of hydrogen-bond donors (Lipinski definition) is 2. The van der Waals surface area contributed by atoms with Gasteiger partial charge in [-0.1, -0.05) is 21.1 Å². The zero-order chi connectivity index (χ0) is 14.8. The van der Waals surface area contributed by atoms with E-state index in [2.05, 4.69) is 30.8 Å². The van der Waals surface area contributed by atoms with Gasteiger partial charge in [0.15, 0.2) is 5.71 Å². The molecule has 0 aliphatic rings. The van der Waals surface area contributed by atoms with Gasteiger partial charge in [-0.25, -0.2) is 4.79 Å². The van der Waals surface area contributed by atoms with E-state index < -0.39 is 5.97 Å². The van der Waals surface area contributed by atoms with Crippen LogP contribution in [0.2, 0.25) is 0 Å². The minimum Gasteiger partial charge on any atom is -0.461 e. The molecular formula is C11H14BrN3O4S. The number of nitrogens with one attached hydrogen (secondary N) is 2. The molecule has 7 nitrogen and oxygen atoms in total. The third kappa shape index (κ3) is 5.25. The van der Waals surface area contributed by atoms with Gasteiger partial charge in [0, 0.05) is 29.0 Å². The molecule has 1 aromatic heterocycles. The quantitative estimate of drug-likeness (QED) is 0.132. The van der Waals surface area contributed by atoms with Crippen LogP contribution in [0, 0.1) is 0 Å². The van der Waals surface area contributed by atoms with E-state index in [0.717, 1.165) is 11.9 Å². The van der Waals surface area contributed by atoms with Crippen LogP contribution in [0.5, 0.6) is 0 Å². The SMILES string of the molecule is CCOC(=O)C(=NOCCBr)c1c[nH]c(SNC=O)c1. The first-order valence-corrected chi connectivity index (χ1v) is 7.64. The highest BCUT2D eigenvalue weighted by atomic mass is 79.9. The molecule has 0 saturated carbocycles. The van der Waals surface area contributed by atoms with Gasteiger partial charge >= 0.3 is 5.97 Å². The Kier molecular flexibility index (Phi) is 7.81. The fourth-order valence-corrected chi connectivity index (χ4v) is 1.83.